The van der Waals surface area contributed by atoms with Crippen molar-refractivity contribution in [1.29, 1.82) is 5.26 Å². The van der Waals surface area contributed by atoms with Crippen LogP contribution in [0.25, 0.3) is 6.08 Å². The lowest BCUT2D eigenvalue weighted by Gasteiger charge is -2.24. The minimum absolute atomic E-state index is 0.0993. The molecule has 3 aromatic rings. The predicted molar refractivity (Wildman–Crippen MR) is 132 cm³/mol. The SMILES string of the molecule is COc1cc(/C=C/C(=O)OCC(=O)N2c3ccccc3CCc3ccccc32)ccc1OCC#N. The Bertz CT molecular complexity index is 1260. The van der Waals surface area contributed by atoms with E-state index in [1.165, 1.54) is 13.2 Å². The first-order valence-corrected chi connectivity index (χ1v) is 11.1. The fraction of sp³-hybridized carbons (Fsp3) is 0.179. The van der Waals surface area contributed by atoms with Crippen LogP contribution in [0.4, 0.5) is 11.4 Å². The van der Waals surface area contributed by atoms with Gasteiger partial charge in [-0.05, 0) is 59.9 Å². The zero-order valence-corrected chi connectivity index (χ0v) is 19.3. The molecule has 176 valence electrons. The van der Waals surface area contributed by atoms with Crippen molar-refractivity contribution in [3.8, 4) is 17.6 Å². The summed E-state index contributed by atoms with van der Waals surface area (Å²) in [5.41, 5.74) is 4.42. The maximum atomic E-state index is 13.2. The summed E-state index contributed by atoms with van der Waals surface area (Å²) in [6, 6.07) is 22.5. The van der Waals surface area contributed by atoms with Crippen LogP contribution in [0.5, 0.6) is 11.5 Å². The number of rotatable bonds is 7. The minimum Gasteiger partial charge on any atom is -0.493 e. The number of hydrogen-bond donors (Lipinski definition) is 0. The normalized spacial score (nSPS) is 12.2. The molecule has 4 rings (SSSR count). The van der Waals surface area contributed by atoms with E-state index in [0.29, 0.717) is 17.1 Å². The number of nitrogens with zero attached hydrogens (tertiary/aromatic N) is 2. The fourth-order valence-electron chi connectivity index (χ4n) is 3.98. The zero-order valence-electron chi connectivity index (χ0n) is 19.3. The molecule has 1 heterocycles. The summed E-state index contributed by atoms with van der Waals surface area (Å²) in [5.74, 6) is -0.102. The Morgan fingerprint density at radius 1 is 0.971 bits per heavy atom. The number of para-hydroxylation sites is 2. The number of anilines is 2. The molecule has 1 amide bonds. The van der Waals surface area contributed by atoms with Crippen molar-refractivity contribution in [2.45, 2.75) is 12.8 Å². The van der Waals surface area contributed by atoms with E-state index >= 15 is 0 Å². The number of nitriles is 1. The Balaban J connectivity index is 1.45. The number of carbonyl (C=O) groups excluding carboxylic acids is 2. The summed E-state index contributed by atoms with van der Waals surface area (Å²) in [7, 11) is 1.49. The molecule has 0 fully saturated rings. The monoisotopic (exact) mass is 468 g/mol. The molecule has 35 heavy (non-hydrogen) atoms. The number of esters is 1. The van der Waals surface area contributed by atoms with Crippen molar-refractivity contribution in [3.05, 3.63) is 89.5 Å². The van der Waals surface area contributed by atoms with Crippen LogP contribution in [0.2, 0.25) is 0 Å². The van der Waals surface area contributed by atoms with Gasteiger partial charge >= 0.3 is 5.97 Å². The number of amides is 1. The van der Waals surface area contributed by atoms with Gasteiger partial charge in [-0.3, -0.25) is 9.69 Å². The highest BCUT2D eigenvalue weighted by Gasteiger charge is 2.26. The van der Waals surface area contributed by atoms with E-state index < -0.39 is 12.6 Å². The molecule has 0 atom stereocenters. The van der Waals surface area contributed by atoms with E-state index in [1.54, 1.807) is 29.2 Å². The standard InChI is InChI=1S/C28H24N2O5/c1-33-26-18-20(10-14-25(26)34-17-16-29)11-15-28(32)35-19-27(31)30-23-8-4-2-6-21(23)12-13-22-7-3-5-9-24(22)30/h2-11,14-15,18H,12-13,17,19H2,1H3/b15-11+. The minimum atomic E-state index is -0.640. The zero-order chi connectivity index (χ0) is 24.6. The lowest BCUT2D eigenvalue weighted by atomic mass is 10.0. The maximum absolute atomic E-state index is 13.2. The number of carbonyl (C=O) groups is 2. The predicted octanol–water partition coefficient (Wildman–Crippen LogP) is 4.62. The van der Waals surface area contributed by atoms with Gasteiger partial charge in [0.25, 0.3) is 5.91 Å². The van der Waals surface area contributed by atoms with Crippen LogP contribution >= 0.6 is 0 Å². The van der Waals surface area contributed by atoms with E-state index in [0.717, 1.165) is 35.3 Å². The van der Waals surface area contributed by atoms with Crippen molar-refractivity contribution in [2.24, 2.45) is 0 Å². The van der Waals surface area contributed by atoms with Crippen LogP contribution in [-0.4, -0.2) is 32.2 Å². The second-order valence-electron chi connectivity index (χ2n) is 7.78. The van der Waals surface area contributed by atoms with Crippen molar-refractivity contribution in [2.75, 3.05) is 25.2 Å². The van der Waals surface area contributed by atoms with Gasteiger partial charge in [0.05, 0.1) is 18.5 Å². The third-order valence-corrected chi connectivity index (χ3v) is 5.61. The summed E-state index contributed by atoms with van der Waals surface area (Å²) in [4.78, 5) is 27.2. The van der Waals surface area contributed by atoms with Gasteiger partial charge in [-0.1, -0.05) is 42.5 Å². The lowest BCUT2D eigenvalue weighted by Crippen LogP contribution is -2.31. The van der Waals surface area contributed by atoms with Crippen LogP contribution in [-0.2, 0) is 27.2 Å². The van der Waals surface area contributed by atoms with Crippen LogP contribution in [0, 0.1) is 11.3 Å². The summed E-state index contributed by atoms with van der Waals surface area (Å²) in [6.45, 7) is -0.492. The Kier molecular flexibility index (Phi) is 7.44. The number of fused-ring (bicyclic) bond motifs is 2. The second-order valence-corrected chi connectivity index (χ2v) is 7.78. The van der Waals surface area contributed by atoms with Gasteiger partial charge in [-0.2, -0.15) is 5.26 Å². The summed E-state index contributed by atoms with van der Waals surface area (Å²) in [5, 5.41) is 8.67. The molecule has 0 N–H and O–H groups in total. The van der Waals surface area contributed by atoms with E-state index in [9.17, 15) is 9.59 Å². The van der Waals surface area contributed by atoms with Crippen LogP contribution in [0.15, 0.2) is 72.8 Å². The van der Waals surface area contributed by atoms with Gasteiger partial charge in [-0.15, -0.1) is 0 Å². The molecule has 7 heteroatoms. The van der Waals surface area contributed by atoms with Gasteiger partial charge in [0.1, 0.15) is 6.07 Å². The van der Waals surface area contributed by atoms with Crippen LogP contribution in [0.3, 0.4) is 0 Å². The van der Waals surface area contributed by atoms with Gasteiger partial charge in [-0.25, -0.2) is 4.79 Å². The highest BCUT2D eigenvalue weighted by Crippen LogP contribution is 2.36. The van der Waals surface area contributed by atoms with E-state index in [2.05, 4.69) is 0 Å². The van der Waals surface area contributed by atoms with Crippen molar-refractivity contribution in [1.82, 2.24) is 0 Å². The van der Waals surface area contributed by atoms with Crippen molar-refractivity contribution in [3.63, 3.8) is 0 Å². The summed E-state index contributed by atoms with van der Waals surface area (Å²) >= 11 is 0. The number of hydrogen-bond acceptors (Lipinski definition) is 6. The maximum Gasteiger partial charge on any atom is 0.331 e. The molecule has 0 aromatic heterocycles. The Hall–Kier alpha value is -4.57. The van der Waals surface area contributed by atoms with E-state index in [1.807, 2.05) is 54.6 Å². The molecular formula is C28H24N2O5. The molecule has 0 aliphatic carbocycles. The third-order valence-electron chi connectivity index (χ3n) is 5.61. The molecule has 0 saturated heterocycles. The van der Waals surface area contributed by atoms with E-state index in [4.69, 9.17) is 19.5 Å². The van der Waals surface area contributed by atoms with Gasteiger partial charge < -0.3 is 14.2 Å². The number of aryl methyl sites for hydroxylation is 2. The van der Waals surface area contributed by atoms with Gasteiger partial charge in [0, 0.05) is 6.08 Å². The summed E-state index contributed by atoms with van der Waals surface area (Å²) in [6.07, 6.45) is 4.45. The average molecular weight is 469 g/mol. The summed E-state index contributed by atoms with van der Waals surface area (Å²) < 4.78 is 15.8. The molecule has 0 unspecified atom stereocenters. The van der Waals surface area contributed by atoms with Crippen LogP contribution < -0.4 is 14.4 Å². The Labute approximate surface area is 203 Å². The molecule has 3 aromatic carbocycles. The first-order chi connectivity index (χ1) is 17.1. The first kappa shape index (κ1) is 23.6. The average Bonchev–Trinajstić information content (AvgIpc) is 3.06. The fourth-order valence-corrected chi connectivity index (χ4v) is 3.98. The van der Waals surface area contributed by atoms with Crippen molar-refractivity contribution >= 4 is 29.3 Å². The Morgan fingerprint density at radius 3 is 2.26 bits per heavy atom. The lowest BCUT2D eigenvalue weighted by molar-refractivity contribution is -0.142. The molecular weight excluding hydrogens is 444 g/mol. The number of benzene rings is 3. The van der Waals surface area contributed by atoms with Gasteiger partial charge in [0.15, 0.2) is 24.7 Å². The smallest absolute Gasteiger partial charge is 0.331 e. The number of methoxy groups -OCH3 is 1. The highest BCUT2D eigenvalue weighted by atomic mass is 16.5. The molecule has 7 nitrogen and oxygen atoms in total. The highest BCUT2D eigenvalue weighted by molar-refractivity contribution is 6.04. The molecule has 1 aliphatic rings. The largest absolute Gasteiger partial charge is 0.493 e. The molecule has 0 saturated carbocycles. The Morgan fingerprint density at radius 2 is 1.63 bits per heavy atom. The molecule has 0 radical (unpaired) electrons. The molecule has 1 aliphatic heterocycles. The quantitative estimate of drug-likeness (QED) is 0.371. The third kappa shape index (κ3) is 5.50. The van der Waals surface area contributed by atoms with Crippen LogP contribution in [0.1, 0.15) is 16.7 Å². The molecule has 0 spiro atoms. The topological polar surface area (TPSA) is 88.9 Å². The second kappa shape index (κ2) is 11.0. The van der Waals surface area contributed by atoms with E-state index in [-0.39, 0.29) is 12.5 Å². The number of ether oxygens (including phenoxy) is 3. The van der Waals surface area contributed by atoms with Crippen molar-refractivity contribution < 1.29 is 23.8 Å². The molecule has 0 bridgehead atoms. The first-order valence-electron chi connectivity index (χ1n) is 11.1. The van der Waals surface area contributed by atoms with Gasteiger partial charge in [0.2, 0.25) is 0 Å².